The summed E-state index contributed by atoms with van der Waals surface area (Å²) in [5, 5.41) is 30.9. The Labute approximate surface area is 309 Å². The van der Waals surface area contributed by atoms with Crippen LogP contribution in [0.15, 0.2) is 103 Å². The van der Waals surface area contributed by atoms with Crippen LogP contribution in [0.1, 0.15) is 36.8 Å². The van der Waals surface area contributed by atoms with E-state index in [0.717, 1.165) is 21.4 Å². The van der Waals surface area contributed by atoms with Crippen LogP contribution < -0.4 is 20.0 Å². The number of nitrogens with zero attached hydrogens (tertiary/aromatic N) is 2. The number of phenolic OH excluding ortho intramolecular Hbond substituents is 1. The summed E-state index contributed by atoms with van der Waals surface area (Å²) < 4.78 is 20.2. The van der Waals surface area contributed by atoms with E-state index in [2.05, 4.69) is 0 Å². The van der Waals surface area contributed by atoms with Crippen molar-refractivity contribution < 1.29 is 43.5 Å². The maximum Gasteiger partial charge on any atom is 0.488 e. The van der Waals surface area contributed by atoms with Crippen molar-refractivity contribution in [1.29, 1.82) is 0 Å². The molecule has 53 heavy (non-hydrogen) atoms. The van der Waals surface area contributed by atoms with Gasteiger partial charge >= 0.3 is 7.12 Å². The summed E-state index contributed by atoms with van der Waals surface area (Å²) in [6, 6.07) is 23.8. The molecule has 6 atom stereocenters. The zero-order chi connectivity index (χ0) is 37.3. The number of benzene rings is 4. The molecule has 2 aliphatic carbocycles. The van der Waals surface area contributed by atoms with Gasteiger partial charge in [-0.3, -0.25) is 24.1 Å². The predicted octanol–water partition coefficient (Wildman–Crippen LogP) is 4.88. The Hall–Kier alpha value is -5.30. The van der Waals surface area contributed by atoms with Crippen molar-refractivity contribution in [2.75, 3.05) is 9.80 Å². The van der Waals surface area contributed by atoms with Gasteiger partial charge in [0.15, 0.2) is 0 Å². The van der Waals surface area contributed by atoms with Crippen molar-refractivity contribution >= 4 is 59.2 Å². The van der Waals surface area contributed by atoms with Crippen molar-refractivity contribution in [2.45, 2.75) is 32.3 Å². The Kier molecular flexibility index (Phi) is 8.51. The van der Waals surface area contributed by atoms with Gasteiger partial charge in [0.1, 0.15) is 23.9 Å². The lowest BCUT2D eigenvalue weighted by Crippen LogP contribution is -2.48. The monoisotopic (exact) mass is 734 g/mol. The van der Waals surface area contributed by atoms with E-state index >= 15 is 0 Å². The van der Waals surface area contributed by atoms with Gasteiger partial charge in [-0.2, -0.15) is 0 Å². The minimum atomic E-state index is -1.82. The number of ether oxygens (including phenoxy) is 1. The lowest BCUT2D eigenvalue weighted by atomic mass is 9.51. The molecule has 8 rings (SSSR count). The molecule has 10 nitrogen and oxygen atoms in total. The second kappa shape index (κ2) is 13.0. The van der Waals surface area contributed by atoms with E-state index < -0.39 is 71.6 Å². The van der Waals surface area contributed by atoms with Gasteiger partial charge in [0.05, 0.1) is 39.6 Å². The number of rotatable bonds is 7. The van der Waals surface area contributed by atoms with Gasteiger partial charge in [-0.25, -0.2) is 9.29 Å². The summed E-state index contributed by atoms with van der Waals surface area (Å²) in [7, 11) is -1.82. The number of carbonyl (C=O) groups is 4. The molecule has 3 fully saturated rings. The number of fused-ring (bicyclic) bond motifs is 4. The average Bonchev–Trinajstić information content (AvgIpc) is 3.52. The molecule has 1 saturated carbocycles. The van der Waals surface area contributed by atoms with E-state index in [4.69, 9.17) is 16.3 Å². The highest BCUT2D eigenvalue weighted by atomic mass is 35.5. The molecule has 3 N–H and O–H groups in total. The predicted molar refractivity (Wildman–Crippen MR) is 194 cm³/mol. The fourth-order valence-electron chi connectivity index (χ4n) is 8.91. The Morgan fingerprint density at radius 2 is 1.62 bits per heavy atom. The number of carbonyl (C=O) groups excluding carboxylic acids is 4. The number of anilines is 2. The number of amides is 4. The fourth-order valence-corrected chi connectivity index (χ4v) is 9.08. The molecule has 4 aromatic carbocycles. The molecule has 2 saturated heterocycles. The third kappa shape index (κ3) is 5.46. The first-order chi connectivity index (χ1) is 25.4. The Balaban J connectivity index is 1.22. The standard InChI is InChI=1S/C40H33BClFN2O8/c1-40-30(37(48)45(39(40)50)24-10-15-32(43)31(42)17-24)19-29-26(35(40)27-12-11-25(18-33(27)46)53-20-21-6-3-2-4-7-21)13-14-28-34(29)38(49)44(36(28)47)23-9-5-8-22(16-23)41(51)52/h2-13,15-18,28-30,34-35,46,51-52H,14,19-20H2,1H3. The SMILES string of the molecule is CC12C(=O)N(c3ccc(F)c(Cl)c3)C(=O)C1CC1C(=CCC3C(=O)N(c4cccc(B(O)O)c4)C(=O)C31)C2c1ccc(OCc2ccccc2)cc1O. The third-order valence-corrected chi connectivity index (χ3v) is 11.7. The first kappa shape index (κ1) is 34.8. The van der Waals surface area contributed by atoms with Crippen LogP contribution >= 0.6 is 11.6 Å². The van der Waals surface area contributed by atoms with E-state index in [1.807, 2.05) is 36.4 Å². The van der Waals surface area contributed by atoms with Gasteiger partial charge in [0.2, 0.25) is 23.6 Å². The molecule has 13 heteroatoms. The number of hydrogen-bond acceptors (Lipinski definition) is 8. The molecule has 4 aromatic rings. The van der Waals surface area contributed by atoms with Gasteiger partial charge in [-0.05, 0) is 73.1 Å². The van der Waals surface area contributed by atoms with Crippen LogP contribution in [0.25, 0.3) is 0 Å². The molecule has 0 bridgehead atoms. The van der Waals surface area contributed by atoms with Gasteiger partial charge < -0.3 is 19.9 Å². The molecule has 6 unspecified atom stereocenters. The smallest absolute Gasteiger partial charge is 0.488 e. The van der Waals surface area contributed by atoms with Crippen molar-refractivity contribution in [3.63, 3.8) is 0 Å². The van der Waals surface area contributed by atoms with E-state index in [9.17, 15) is 38.7 Å². The molecular formula is C40H33BClFN2O8. The zero-order valence-electron chi connectivity index (χ0n) is 28.4. The Morgan fingerprint density at radius 3 is 2.34 bits per heavy atom. The molecule has 0 radical (unpaired) electrons. The lowest BCUT2D eigenvalue weighted by molar-refractivity contribution is -0.131. The van der Waals surface area contributed by atoms with Crippen molar-refractivity contribution in [1.82, 2.24) is 0 Å². The van der Waals surface area contributed by atoms with E-state index in [1.165, 1.54) is 36.4 Å². The molecule has 2 heterocycles. The lowest BCUT2D eigenvalue weighted by Gasteiger charge is -2.49. The normalized spacial score (nSPS) is 26.3. The quantitative estimate of drug-likeness (QED) is 0.139. The highest BCUT2D eigenvalue weighted by Gasteiger charge is 2.68. The van der Waals surface area contributed by atoms with Crippen LogP contribution in [-0.4, -0.2) is 45.9 Å². The van der Waals surface area contributed by atoms with Crippen LogP contribution in [0.4, 0.5) is 15.8 Å². The Morgan fingerprint density at radius 1 is 0.868 bits per heavy atom. The first-order valence-electron chi connectivity index (χ1n) is 17.3. The van der Waals surface area contributed by atoms with Gasteiger partial charge in [0.25, 0.3) is 0 Å². The number of allylic oxidation sites excluding steroid dienone is 2. The van der Waals surface area contributed by atoms with Crippen LogP contribution in [0.3, 0.4) is 0 Å². The summed E-state index contributed by atoms with van der Waals surface area (Å²) in [4.78, 5) is 59.5. The zero-order valence-corrected chi connectivity index (χ0v) is 29.1. The summed E-state index contributed by atoms with van der Waals surface area (Å²) >= 11 is 6.10. The van der Waals surface area contributed by atoms with Crippen molar-refractivity contribution in [3.8, 4) is 11.5 Å². The van der Waals surface area contributed by atoms with Crippen molar-refractivity contribution in [3.05, 3.63) is 125 Å². The number of imide groups is 2. The first-order valence-corrected chi connectivity index (χ1v) is 17.6. The molecule has 0 spiro atoms. The van der Waals surface area contributed by atoms with Gasteiger partial charge in [-0.1, -0.05) is 71.8 Å². The summed E-state index contributed by atoms with van der Waals surface area (Å²) in [6.07, 6.45) is 2.07. The van der Waals surface area contributed by atoms with E-state index in [1.54, 1.807) is 25.1 Å². The van der Waals surface area contributed by atoms with E-state index in [-0.39, 0.29) is 47.1 Å². The molecule has 2 aliphatic heterocycles. The van der Waals surface area contributed by atoms with Gasteiger partial charge in [0, 0.05) is 17.5 Å². The summed E-state index contributed by atoms with van der Waals surface area (Å²) in [6.45, 7) is 1.92. The van der Waals surface area contributed by atoms with Gasteiger partial charge in [-0.15, -0.1) is 0 Å². The highest BCUT2D eigenvalue weighted by Crippen LogP contribution is 2.64. The fraction of sp³-hybridized carbons (Fsp3) is 0.250. The third-order valence-electron chi connectivity index (χ3n) is 11.4. The van der Waals surface area contributed by atoms with Crippen LogP contribution in [0.2, 0.25) is 5.02 Å². The maximum absolute atomic E-state index is 14.7. The largest absolute Gasteiger partial charge is 0.508 e. The van der Waals surface area contributed by atoms with E-state index in [0.29, 0.717) is 16.9 Å². The molecule has 0 aromatic heterocycles. The average molecular weight is 735 g/mol. The molecular weight excluding hydrogens is 702 g/mol. The number of phenols is 1. The van der Waals surface area contributed by atoms with Crippen molar-refractivity contribution in [2.24, 2.45) is 29.1 Å². The maximum atomic E-state index is 14.7. The minimum absolute atomic E-state index is 0.0529. The summed E-state index contributed by atoms with van der Waals surface area (Å²) in [5.74, 6) is -6.86. The second-order valence-corrected chi connectivity index (χ2v) is 14.6. The molecule has 4 aliphatic rings. The summed E-state index contributed by atoms with van der Waals surface area (Å²) in [5.41, 5.74) is 0.839. The van der Waals surface area contributed by atoms with Crippen LogP contribution in [-0.2, 0) is 25.8 Å². The number of hydrogen-bond donors (Lipinski definition) is 3. The number of aromatic hydroxyl groups is 1. The van der Waals surface area contributed by atoms with Crippen LogP contribution in [0, 0.1) is 34.9 Å². The minimum Gasteiger partial charge on any atom is -0.508 e. The Bertz CT molecular complexity index is 2230. The van der Waals surface area contributed by atoms with Crippen LogP contribution in [0.5, 0.6) is 11.5 Å². The number of halogens is 2. The molecule has 4 amide bonds. The second-order valence-electron chi connectivity index (χ2n) is 14.2. The molecule has 268 valence electrons. The topological polar surface area (TPSA) is 145 Å². The highest BCUT2D eigenvalue weighted by molar-refractivity contribution is 6.58.